The van der Waals surface area contributed by atoms with Gasteiger partial charge in [-0.25, -0.2) is 4.98 Å². The maximum absolute atomic E-state index is 12.8. The number of hydrogen-bond acceptors (Lipinski definition) is 5. The molecule has 0 atom stereocenters. The lowest BCUT2D eigenvalue weighted by Crippen LogP contribution is -2.26. The van der Waals surface area contributed by atoms with E-state index in [0.717, 1.165) is 17.3 Å². The monoisotopic (exact) mass is 469 g/mol. The normalized spacial score (nSPS) is 13.2. The number of hydrogen-bond donors (Lipinski definition) is 1. The van der Waals surface area contributed by atoms with Crippen LogP contribution < -0.4 is 10.9 Å². The Hall–Kier alpha value is -3.00. The van der Waals surface area contributed by atoms with Crippen LogP contribution in [0.15, 0.2) is 57.8 Å². The van der Waals surface area contributed by atoms with Crippen LogP contribution in [-0.4, -0.2) is 28.0 Å². The zero-order chi connectivity index (χ0) is 21.1. The van der Waals surface area contributed by atoms with Crippen LogP contribution in [0.1, 0.15) is 31.1 Å². The van der Waals surface area contributed by atoms with Gasteiger partial charge in [0.2, 0.25) is 0 Å². The molecule has 7 nitrogen and oxygen atoms in total. The number of amides is 1. The van der Waals surface area contributed by atoms with Gasteiger partial charge in [0.1, 0.15) is 5.82 Å². The number of nitrogens with zero attached hydrogens (tertiary/aromatic N) is 2. The minimum absolute atomic E-state index is 0.0415. The molecule has 0 aliphatic heterocycles. The zero-order valence-corrected chi connectivity index (χ0v) is 17.7. The Bertz CT molecular complexity index is 1170. The number of rotatable bonds is 7. The van der Waals surface area contributed by atoms with E-state index in [0.29, 0.717) is 22.4 Å². The number of esters is 1. The van der Waals surface area contributed by atoms with E-state index in [2.05, 4.69) is 26.2 Å². The van der Waals surface area contributed by atoms with Gasteiger partial charge in [-0.2, -0.15) is 0 Å². The highest BCUT2D eigenvalue weighted by molar-refractivity contribution is 9.10. The Morgan fingerprint density at radius 3 is 2.63 bits per heavy atom. The fourth-order valence-electron chi connectivity index (χ4n) is 3.26. The van der Waals surface area contributed by atoms with E-state index in [1.54, 1.807) is 34.9 Å². The third-order valence-corrected chi connectivity index (χ3v) is 5.55. The van der Waals surface area contributed by atoms with Gasteiger partial charge in [-0.05, 0) is 53.0 Å². The first kappa shape index (κ1) is 20.3. The molecule has 0 saturated heterocycles. The number of halogens is 1. The number of aromatic nitrogens is 2. The molecule has 1 amide bonds. The van der Waals surface area contributed by atoms with Gasteiger partial charge in [0.05, 0.1) is 23.0 Å². The highest BCUT2D eigenvalue weighted by Crippen LogP contribution is 2.34. The largest absolute Gasteiger partial charge is 0.456 e. The number of aryl methyl sites for hydroxylation is 1. The van der Waals surface area contributed by atoms with E-state index in [-0.39, 0.29) is 31.0 Å². The first-order valence-electron chi connectivity index (χ1n) is 9.73. The van der Waals surface area contributed by atoms with Crippen molar-refractivity contribution in [1.29, 1.82) is 0 Å². The van der Waals surface area contributed by atoms with Crippen molar-refractivity contribution in [3.05, 3.63) is 69.2 Å². The van der Waals surface area contributed by atoms with Gasteiger partial charge in [0, 0.05) is 16.9 Å². The summed E-state index contributed by atoms with van der Waals surface area (Å²) in [6.45, 7) is -0.374. The van der Waals surface area contributed by atoms with E-state index >= 15 is 0 Å². The number of anilines is 1. The molecule has 3 aromatic rings. The SMILES string of the molecule is O=C(COC(=O)CCc1nc2ccccc2c(=O)n1C1CC1)Nc1ccccc1Br. The topological polar surface area (TPSA) is 90.3 Å². The van der Waals surface area contributed by atoms with Gasteiger partial charge in [-0.3, -0.25) is 19.0 Å². The lowest BCUT2D eigenvalue weighted by Gasteiger charge is -2.12. The molecule has 1 heterocycles. The van der Waals surface area contributed by atoms with Crippen LogP contribution in [-0.2, 0) is 20.7 Å². The summed E-state index contributed by atoms with van der Waals surface area (Å²) in [6.07, 6.45) is 2.19. The number of nitrogens with one attached hydrogen (secondary N) is 1. The average molecular weight is 470 g/mol. The van der Waals surface area contributed by atoms with Crippen molar-refractivity contribution in [1.82, 2.24) is 9.55 Å². The Morgan fingerprint density at radius 2 is 1.87 bits per heavy atom. The van der Waals surface area contributed by atoms with Crippen molar-refractivity contribution < 1.29 is 14.3 Å². The molecule has 0 unspecified atom stereocenters. The molecule has 1 aromatic heterocycles. The smallest absolute Gasteiger partial charge is 0.306 e. The number of carbonyl (C=O) groups is 2. The van der Waals surface area contributed by atoms with Gasteiger partial charge in [0.15, 0.2) is 6.61 Å². The van der Waals surface area contributed by atoms with Gasteiger partial charge in [-0.15, -0.1) is 0 Å². The first-order valence-corrected chi connectivity index (χ1v) is 10.5. The standard InChI is InChI=1S/C22H20BrN3O4/c23-16-6-2-4-8-18(16)25-20(27)13-30-21(28)12-11-19-24-17-7-3-1-5-15(17)22(29)26(19)14-9-10-14/h1-8,14H,9-13H2,(H,25,27). The maximum atomic E-state index is 12.8. The maximum Gasteiger partial charge on any atom is 0.306 e. The molecule has 8 heteroatoms. The van der Waals surface area contributed by atoms with Crippen molar-refractivity contribution in [2.24, 2.45) is 0 Å². The summed E-state index contributed by atoms with van der Waals surface area (Å²) in [5, 5.41) is 3.26. The summed E-state index contributed by atoms with van der Waals surface area (Å²) in [6, 6.07) is 14.5. The molecule has 2 aromatic carbocycles. The molecule has 4 rings (SSSR count). The second-order valence-corrected chi connectivity index (χ2v) is 7.99. The number of fused-ring (bicyclic) bond motifs is 1. The van der Waals surface area contributed by atoms with Crippen molar-refractivity contribution >= 4 is 44.4 Å². The predicted molar refractivity (Wildman–Crippen MR) is 116 cm³/mol. The molecule has 0 bridgehead atoms. The minimum atomic E-state index is -0.512. The van der Waals surface area contributed by atoms with Crippen molar-refractivity contribution in [3.63, 3.8) is 0 Å². The molecule has 1 aliphatic carbocycles. The number of benzene rings is 2. The number of para-hydroxylation sites is 2. The average Bonchev–Trinajstić information content (AvgIpc) is 3.57. The van der Waals surface area contributed by atoms with E-state index in [1.165, 1.54) is 0 Å². The summed E-state index contributed by atoms with van der Waals surface area (Å²) in [5.74, 6) is -0.355. The zero-order valence-electron chi connectivity index (χ0n) is 16.1. The Balaban J connectivity index is 1.38. The molecular formula is C22H20BrN3O4. The lowest BCUT2D eigenvalue weighted by atomic mass is 10.2. The molecular weight excluding hydrogens is 450 g/mol. The molecule has 30 heavy (non-hydrogen) atoms. The van der Waals surface area contributed by atoms with Crippen molar-refractivity contribution in [2.75, 3.05) is 11.9 Å². The van der Waals surface area contributed by atoms with E-state index < -0.39 is 11.9 Å². The molecule has 1 N–H and O–H groups in total. The summed E-state index contributed by atoms with van der Waals surface area (Å²) in [7, 11) is 0. The van der Waals surface area contributed by atoms with Crippen LogP contribution in [0.5, 0.6) is 0 Å². The van der Waals surface area contributed by atoms with Gasteiger partial charge in [0.25, 0.3) is 11.5 Å². The number of ether oxygens (including phenoxy) is 1. The molecule has 154 valence electrons. The van der Waals surface area contributed by atoms with Crippen LogP contribution in [0.25, 0.3) is 10.9 Å². The number of carbonyl (C=O) groups excluding carboxylic acids is 2. The van der Waals surface area contributed by atoms with Crippen LogP contribution in [0.4, 0.5) is 5.69 Å². The van der Waals surface area contributed by atoms with E-state index in [9.17, 15) is 14.4 Å². The third-order valence-electron chi connectivity index (χ3n) is 4.86. The highest BCUT2D eigenvalue weighted by Gasteiger charge is 2.28. The van der Waals surface area contributed by atoms with E-state index in [4.69, 9.17) is 4.74 Å². The summed E-state index contributed by atoms with van der Waals surface area (Å²) >= 11 is 3.34. The Kier molecular flexibility index (Phi) is 5.94. The predicted octanol–water partition coefficient (Wildman–Crippen LogP) is 3.61. The molecule has 1 fully saturated rings. The molecule has 0 radical (unpaired) electrons. The van der Waals surface area contributed by atoms with E-state index in [1.807, 2.05) is 18.2 Å². The Morgan fingerprint density at radius 1 is 1.13 bits per heavy atom. The fourth-order valence-corrected chi connectivity index (χ4v) is 3.64. The lowest BCUT2D eigenvalue weighted by molar-refractivity contribution is -0.147. The van der Waals surface area contributed by atoms with Crippen molar-refractivity contribution in [3.8, 4) is 0 Å². The summed E-state index contributed by atoms with van der Waals surface area (Å²) in [5.41, 5.74) is 1.15. The molecule has 0 spiro atoms. The minimum Gasteiger partial charge on any atom is -0.456 e. The van der Waals surface area contributed by atoms with Gasteiger partial charge in [-0.1, -0.05) is 24.3 Å². The van der Waals surface area contributed by atoms with Gasteiger partial charge >= 0.3 is 5.97 Å². The second-order valence-electron chi connectivity index (χ2n) is 7.14. The first-order chi connectivity index (χ1) is 14.5. The van der Waals surface area contributed by atoms with Gasteiger partial charge < -0.3 is 10.1 Å². The van der Waals surface area contributed by atoms with Crippen molar-refractivity contribution in [2.45, 2.75) is 31.7 Å². The van der Waals surface area contributed by atoms with Crippen LogP contribution in [0.3, 0.4) is 0 Å². The Labute approximate surface area is 181 Å². The summed E-state index contributed by atoms with van der Waals surface area (Å²) < 4.78 is 7.53. The van der Waals surface area contributed by atoms with Crippen LogP contribution >= 0.6 is 15.9 Å². The summed E-state index contributed by atoms with van der Waals surface area (Å²) in [4.78, 5) is 41.6. The van der Waals surface area contributed by atoms with Crippen LogP contribution in [0, 0.1) is 0 Å². The third kappa shape index (κ3) is 4.59. The quantitative estimate of drug-likeness (QED) is 0.533. The highest BCUT2D eigenvalue weighted by atomic mass is 79.9. The molecule has 1 saturated carbocycles. The molecule has 1 aliphatic rings. The fraction of sp³-hybridized carbons (Fsp3) is 0.273. The van der Waals surface area contributed by atoms with Crippen LogP contribution in [0.2, 0.25) is 0 Å². The second kappa shape index (κ2) is 8.79.